The van der Waals surface area contributed by atoms with Gasteiger partial charge in [0, 0.05) is 18.4 Å². The molecule has 2 fully saturated rings. The van der Waals surface area contributed by atoms with E-state index in [1.54, 1.807) is 12.1 Å². The van der Waals surface area contributed by atoms with Gasteiger partial charge < -0.3 is 9.47 Å². The Morgan fingerprint density at radius 2 is 2.14 bits per heavy atom. The van der Waals surface area contributed by atoms with E-state index >= 15 is 0 Å². The van der Waals surface area contributed by atoms with Crippen LogP contribution >= 0.6 is 0 Å². The lowest BCUT2D eigenvalue weighted by Crippen LogP contribution is -2.41. The van der Waals surface area contributed by atoms with Crippen LogP contribution in [0, 0.1) is 5.82 Å². The second-order valence-corrected chi connectivity index (χ2v) is 6.17. The number of rotatable bonds is 3. The molecule has 3 nitrogen and oxygen atoms in total. The molecule has 0 amide bonds. The van der Waals surface area contributed by atoms with E-state index in [1.807, 2.05) is 0 Å². The van der Waals surface area contributed by atoms with Crippen molar-refractivity contribution in [3.05, 3.63) is 29.6 Å². The van der Waals surface area contributed by atoms with E-state index in [0.29, 0.717) is 12.2 Å². The highest BCUT2D eigenvalue weighted by molar-refractivity contribution is 5.94. The maximum absolute atomic E-state index is 14.0. The van der Waals surface area contributed by atoms with Crippen LogP contribution in [-0.4, -0.2) is 24.1 Å². The van der Waals surface area contributed by atoms with Crippen LogP contribution < -0.4 is 4.74 Å². The molecule has 0 bridgehead atoms. The van der Waals surface area contributed by atoms with Crippen LogP contribution in [0.1, 0.15) is 55.8 Å². The molecule has 2 aliphatic rings. The van der Waals surface area contributed by atoms with Crippen LogP contribution in [0.4, 0.5) is 4.39 Å². The predicted molar refractivity (Wildman–Crippen MR) is 77.2 cm³/mol. The van der Waals surface area contributed by atoms with Crippen molar-refractivity contribution in [1.29, 1.82) is 0 Å². The highest BCUT2D eigenvalue weighted by atomic mass is 19.1. The zero-order valence-corrected chi connectivity index (χ0v) is 12.4. The van der Waals surface area contributed by atoms with Gasteiger partial charge in [-0.25, -0.2) is 4.39 Å². The van der Waals surface area contributed by atoms with E-state index in [4.69, 9.17) is 9.47 Å². The molecule has 1 saturated heterocycles. The van der Waals surface area contributed by atoms with Gasteiger partial charge in [-0.3, -0.25) is 4.79 Å². The van der Waals surface area contributed by atoms with Gasteiger partial charge in [-0.2, -0.15) is 0 Å². The fraction of sp³-hybridized carbons (Fsp3) is 0.588. The summed E-state index contributed by atoms with van der Waals surface area (Å²) >= 11 is 0. The summed E-state index contributed by atoms with van der Waals surface area (Å²) in [5.41, 5.74) is 0.331. The van der Waals surface area contributed by atoms with E-state index in [2.05, 4.69) is 0 Å². The van der Waals surface area contributed by atoms with Crippen LogP contribution in [0.5, 0.6) is 5.75 Å². The van der Waals surface area contributed by atoms with E-state index in [-0.39, 0.29) is 23.2 Å². The molecule has 4 heteroatoms. The molecule has 3 rings (SSSR count). The lowest BCUT2D eigenvalue weighted by Gasteiger charge is -2.38. The Kier molecular flexibility index (Phi) is 3.98. The van der Waals surface area contributed by atoms with Crippen molar-refractivity contribution < 1.29 is 18.7 Å². The SMILES string of the molecule is CC(=O)c1ccc(OC2CCOC3(CCCC3)C2)c(F)c1. The van der Waals surface area contributed by atoms with Gasteiger partial charge in [0.1, 0.15) is 6.10 Å². The van der Waals surface area contributed by atoms with Crippen molar-refractivity contribution in [2.24, 2.45) is 0 Å². The highest BCUT2D eigenvalue weighted by Gasteiger charge is 2.40. The number of hydrogen-bond acceptors (Lipinski definition) is 3. The number of carbonyl (C=O) groups excluding carboxylic acids is 1. The van der Waals surface area contributed by atoms with E-state index in [9.17, 15) is 9.18 Å². The van der Waals surface area contributed by atoms with Crippen molar-refractivity contribution in [2.75, 3.05) is 6.61 Å². The van der Waals surface area contributed by atoms with Crippen LogP contribution in [0.2, 0.25) is 0 Å². The van der Waals surface area contributed by atoms with Crippen LogP contribution in [0.3, 0.4) is 0 Å². The van der Waals surface area contributed by atoms with Crippen molar-refractivity contribution in [1.82, 2.24) is 0 Å². The quantitative estimate of drug-likeness (QED) is 0.793. The molecule has 1 heterocycles. The summed E-state index contributed by atoms with van der Waals surface area (Å²) in [5.74, 6) is -0.369. The Morgan fingerprint density at radius 3 is 2.81 bits per heavy atom. The number of carbonyl (C=O) groups is 1. The average Bonchev–Trinajstić information content (AvgIpc) is 2.89. The molecule has 21 heavy (non-hydrogen) atoms. The van der Waals surface area contributed by atoms with Gasteiger partial charge in [0.15, 0.2) is 17.3 Å². The molecule has 1 aromatic rings. The smallest absolute Gasteiger partial charge is 0.165 e. The summed E-state index contributed by atoms with van der Waals surface area (Å²) in [7, 11) is 0. The van der Waals surface area contributed by atoms with Gasteiger partial charge in [0.2, 0.25) is 0 Å². The molecular weight excluding hydrogens is 271 g/mol. The fourth-order valence-corrected chi connectivity index (χ4v) is 3.45. The van der Waals surface area contributed by atoms with Gasteiger partial charge in [-0.15, -0.1) is 0 Å². The first kappa shape index (κ1) is 14.5. The molecule has 1 atom stereocenters. The highest BCUT2D eigenvalue weighted by Crippen LogP contribution is 2.41. The first-order valence-electron chi connectivity index (χ1n) is 7.69. The van der Waals surface area contributed by atoms with Gasteiger partial charge >= 0.3 is 0 Å². The third-order valence-electron chi connectivity index (χ3n) is 4.59. The Labute approximate surface area is 124 Å². The standard InChI is InChI=1S/C17H21FO3/c1-12(19)13-4-5-16(15(18)10-13)21-14-6-9-20-17(11-14)7-2-3-8-17/h4-5,10,14H,2-3,6-9,11H2,1H3. The molecule has 1 aliphatic heterocycles. The van der Waals surface area contributed by atoms with Gasteiger partial charge in [-0.1, -0.05) is 12.8 Å². The Hall–Kier alpha value is -1.42. The van der Waals surface area contributed by atoms with Crippen molar-refractivity contribution >= 4 is 5.78 Å². The topological polar surface area (TPSA) is 35.5 Å². The lowest BCUT2D eigenvalue weighted by molar-refractivity contribution is -0.108. The van der Waals surface area contributed by atoms with E-state index in [0.717, 1.165) is 25.7 Å². The predicted octanol–water partition coefficient (Wildman–Crippen LogP) is 3.90. The lowest BCUT2D eigenvalue weighted by atomic mass is 9.90. The summed E-state index contributed by atoms with van der Waals surface area (Å²) < 4.78 is 25.8. The molecule has 1 unspecified atom stereocenters. The van der Waals surface area contributed by atoms with Crippen LogP contribution in [0.15, 0.2) is 18.2 Å². The third-order valence-corrected chi connectivity index (χ3v) is 4.59. The number of Topliss-reactive ketones (excluding diaryl/α,β-unsaturated/α-hetero) is 1. The summed E-state index contributed by atoms with van der Waals surface area (Å²) in [4.78, 5) is 11.2. The number of hydrogen-bond donors (Lipinski definition) is 0. The maximum atomic E-state index is 14.0. The van der Waals surface area contributed by atoms with Gasteiger partial charge in [-0.05, 0) is 38.0 Å². The second-order valence-electron chi connectivity index (χ2n) is 6.17. The summed E-state index contributed by atoms with van der Waals surface area (Å²) in [6.07, 6.45) is 6.19. The zero-order chi connectivity index (χ0) is 14.9. The molecule has 1 spiro atoms. The van der Waals surface area contributed by atoms with Crippen LogP contribution in [0.25, 0.3) is 0 Å². The number of benzene rings is 1. The number of ether oxygens (including phenoxy) is 2. The molecular formula is C17H21FO3. The number of ketones is 1. The minimum absolute atomic E-state index is 0.00507. The normalized spacial score (nSPS) is 24.2. The Balaban J connectivity index is 1.70. The molecule has 1 aliphatic carbocycles. The van der Waals surface area contributed by atoms with E-state index in [1.165, 1.54) is 25.8 Å². The molecule has 1 saturated carbocycles. The largest absolute Gasteiger partial charge is 0.487 e. The number of halogens is 1. The molecule has 1 aromatic carbocycles. The van der Waals surface area contributed by atoms with Crippen LogP contribution in [-0.2, 0) is 4.74 Å². The minimum atomic E-state index is -0.463. The van der Waals surface area contributed by atoms with E-state index < -0.39 is 5.82 Å². The molecule has 0 N–H and O–H groups in total. The molecule has 114 valence electrons. The Morgan fingerprint density at radius 1 is 1.38 bits per heavy atom. The maximum Gasteiger partial charge on any atom is 0.165 e. The zero-order valence-electron chi connectivity index (χ0n) is 12.4. The van der Waals surface area contributed by atoms with Gasteiger partial charge in [0.05, 0.1) is 12.2 Å². The summed E-state index contributed by atoms with van der Waals surface area (Å²) in [6.45, 7) is 2.11. The van der Waals surface area contributed by atoms with Crippen molar-refractivity contribution in [3.63, 3.8) is 0 Å². The first-order valence-corrected chi connectivity index (χ1v) is 7.69. The Bertz CT molecular complexity index is 535. The van der Waals surface area contributed by atoms with Gasteiger partial charge in [0.25, 0.3) is 0 Å². The monoisotopic (exact) mass is 292 g/mol. The molecule has 0 radical (unpaired) electrons. The summed E-state index contributed by atoms with van der Waals surface area (Å²) in [5, 5.41) is 0. The third kappa shape index (κ3) is 3.10. The average molecular weight is 292 g/mol. The fourth-order valence-electron chi connectivity index (χ4n) is 3.45. The van der Waals surface area contributed by atoms with Crippen molar-refractivity contribution in [3.8, 4) is 5.75 Å². The second kappa shape index (κ2) is 5.76. The molecule has 0 aromatic heterocycles. The first-order chi connectivity index (χ1) is 10.1. The summed E-state index contributed by atoms with van der Waals surface area (Å²) in [6, 6.07) is 4.43. The minimum Gasteiger partial charge on any atom is -0.487 e. The van der Waals surface area contributed by atoms with Crippen molar-refractivity contribution in [2.45, 2.75) is 57.2 Å².